The summed E-state index contributed by atoms with van der Waals surface area (Å²) in [6, 6.07) is 7.24. The number of rotatable bonds is 8. The number of nitrogens with one attached hydrogen (secondary N) is 1. The van der Waals surface area contributed by atoms with Gasteiger partial charge in [-0.3, -0.25) is 14.9 Å². The molecule has 2 rings (SSSR count). The van der Waals surface area contributed by atoms with Crippen LogP contribution in [0.25, 0.3) is 0 Å². The number of likely N-dealkylation sites (N-methyl/N-ethyl adjacent to an activating group) is 1. The zero-order valence-electron chi connectivity index (χ0n) is 16.0. The highest BCUT2D eigenvalue weighted by Gasteiger charge is 2.29. The standard InChI is InChI=1S/C18H20FN3O6S/c1-4-21(29(26,27)17-10-13(19)8-9-16(17)28-3)11-18(23)20-14-6-5-7-15(12(14)2)22(24)25/h5-10H,4,11H2,1-3H3,(H,20,23). The Balaban J connectivity index is 2.28. The van der Waals surface area contributed by atoms with Gasteiger partial charge in [0.1, 0.15) is 16.5 Å². The van der Waals surface area contributed by atoms with E-state index in [2.05, 4.69) is 5.32 Å². The molecule has 11 heteroatoms. The average molecular weight is 425 g/mol. The fraction of sp³-hybridized carbons (Fsp3) is 0.278. The summed E-state index contributed by atoms with van der Waals surface area (Å²) in [7, 11) is -2.99. The van der Waals surface area contributed by atoms with Crippen molar-refractivity contribution in [1.29, 1.82) is 0 Å². The number of nitro benzene ring substituents is 1. The highest BCUT2D eigenvalue weighted by Crippen LogP contribution is 2.28. The summed E-state index contributed by atoms with van der Waals surface area (Å²) < 4.78 is 45.3. The Morgan fingerprint density at radius 1 is 1.31 bits per heavy atom. The lowest BCUT2D eigenvalue weighted by molar-refractivity contribution is -0.385. The number of methoxy groups -OCH3 is 1. The van der Waals surface area contributed by atoms with Crippen LogP contribution < -0.4 is 10.1 Å². The summed E-state index contributed by atoms with van der Waals surface area (Å²) in [6.45, 7) is 2.36. The molecule has 0 heterocycles. The number of ether oxygens (including phenoxy) is 1. The lowest BCUT2D eigenvalue weighted by Gasteiger charge is -2.21. The number of amides is 1. The van der Waals surface area contributed by atoms with Gasteiger partial charge in [0.2, 0.25) is 15.9 Å². The summed E-state index contributed by atoms with van der Waals surface area (Å²) in [5.74, 6) is -1.52. The molecule has 0 aliphatic heterocycles. The van der Waals surface area contributed by atoms with Crippen molar-refractivity contribution in [3.8, 4) is 5.75 Å². The molecule has 0 aliphatic rings. The quantitative estimate of drug-likeness (QED) is 0.513. The van der Waals surface area contributed by atoms with Crippen LogP contribution in [0.3, 0.4) is 0 Å². The van der Waals surface area contributed by atoms with Crippen LogP contribution in [-0.4, -0.2) is 43.8 Å². The smallest absolute Gasteiger partial charge is 0.274 e. The van der Waals surface area contributed by atoms with Crippen molar-refractivity contribution in [2.45, 2.75) is 18.7 Å². The molecule has 0 aromatic heterocycles. The fourth-order valence-electron chi connectivity index (χ4n) is 2.66. The molecule has 2 aromatic carbocycles. The fourth-order valence-corrected chi connectivity index (χ4v) is 4.24. The topological polar surface area (TPSA) is 119 Å². The summed E-state index contributed by atoms with van der Waals surface area (Å²) in [4.78, 5) is 22.5. The molecule has 156 valence electrons. The van der Waals surface area contributed by atoms with E-state index in [9.17, 15) is 27.7 Å². The molecule has 0 radical (unpaired) electrons. The lowest BCUT2D eigenvalue weighted by atomic mass is 10.1. The van der Waals surface area contributed by atoms with E-state index >= 15 is 0 Å². The van der Waals surface area contributed by atoms with Crippen molar-refractivity contribution in [2.75, 3.05) is 25.5 Å². The molecule has 0 aliphatic carbocycles. The van der Waals surface area contributed by atoms with Crippen LogP contribution in [0.15, 0.2) is 41.3 Å². The van der Waals surface area contributed by atoms with Crippen LogP contribution in [0.4, 0.5) is 15.8 Å². The van der Waals surface area contributed by atoms with Crippen molar-refractivity contribution in [3.05, 3.63) is 57.9 Å². The minimum atomic E-state index is -4.24. The molecule has 1 N–H and O–H groups in total. The van der Waals surface area contributed by atoms with E-state index in [1.54, 1.807) is 0 Å². The van der Waals surface area contributed by atoms with Crippen molar-refractivity contribution < 1.29 is 27.3 Å². The van der Waals surface area contributed by atoms with Crippen LogP contribution >= 0.6 is 0 Å². The first kappa shape index (κ1) is 22.2. The third kappa shape index (κ3) is 4.87. The van der Waals surface area contributed by atoms with Crippen LogP contribution in [0.2, 0.25) is 0 Å². The second kappa shape index (κ2) is 8.97. The molecule has 0 spiro atoms. The molecular formula is C18H20FN3O6S. The number of carbonyl (C=O) groups excluding carboxylic acids is 1. The lowest BCUT2D eigenvalue weighted by Crippen LogP contribution is -2.38. The van der Waals surface area contributed by atoms with E-state index in [0.717, 1.165) is 16.4 Å². The molecule has 29 heavy (non-hydrogen) atoms. The molecule has 2 aromatic rings. The molecule has 0 saturated carbocycles. The van der Waals surface area contributed by atoms with E-state index in [4.69, 9.17) is 4.74 Å². The Hall–Kier alpha value is -3.05. The van der Waals surface area contributed by atoms with Crippen molar-refractivity contribution >= 4 is 27.3 Å². The predicted molar refractivity (Wildman–Crippen MR) is 104 cm³/mol. The first-order chi connectivity index (χ1) is 13.6. The number of anilines is 1. The summed E-state index contributed by atoms with van der Waals surface area (Å²) in [5, 5.41) is 13.5. The average Bonchev–Trinajstić information content (AvgIpc) is 2.67. The predicted octanol–water partition coefficient (Wildman–Crippen LogP) is 2.70. The van der Waals surface area contributed by atoms with Gasteiger partial charge in [0.15, 0.2) is 0 Å². The molecule has 1 amide bonds. The number of nitrogens with zero attached hydrogens (tertiary/aromatic N) is 2. The van der Waals surface area contributed by atoms with Gasteiger partial charge in [0.05, 0.1) is 29.8 Å². The summed E-state index contributed by atoms with van der Waals surface area (Å²) in [6.07, 6.45) is 0. The van der Waals surface area contributed by atoms with Crippen molar-refractivity contribution in [3.63, 3.8) is 0 Å². The number of sulfonamides is 1. The molecule has 0 fully saturated rings. The van der Waals surface area contributed by atoms with Crippen LogP contribution in [0.1, 0.15) is 12.5 Å². The first-order valence-corrected chi connectivity index (χ1v) is 9.93. The molecule has 0 bridgehead atoms. The van der Waals surface area contributed by atoms with Gasteiger partial charge in [-0.2, -0.15) is 4.31 Å². The van der Waals surface area contributed by atoms with Gasteiger partial charge in [-0.25, -0.2) is 12.8 Å². The number of hydrogen-bond acceptors (Lipinski definition) is 6. The van der Waals surface area contributed by atoms with Crippen molar-refractivity contribution in [1.82, 2.24) is 4.31 Å². The minimum Gasteiger partial charge on any atom is -0.495 e. The minimum absolute atomic E-state index is 0.0558. The maximum absolute atomic E-state index is 13.6. The van der Waals surface area contributed by atoms with Gasteiger partial charge in [-0.15, -0.1) is 0 Å². The Morgan fingerprint density at radius 2 is 2.00 bits per heavy atom. The Bertz CT molecular complexity index is 1040. The van der Waals surface area contributed by atoms with Gasteiger partial charge >= 0.3 is 0 Å². The number of carbonyl (C=O) groups is 1. The summed E-state index contributed by atoms with van der Waals surface area (Å²) >= 11 is 0. The monoisotopic (exact) mass is 425 g/mol. The normalized spacial score (nSPS) is 11.3. The first-order valence-electron chi connectivity index (χ1n) is 8.49. The SMILES string of the molecule is CCN(CC(=O)Nc1cccc([N+](=O)[O-])c1C)S(=O)(=O)c1cc(F)ccc1OC. The molecule has 0 saturated heterocycles. The third-order valence-electron chi connectivity index (χ3n) is 4.19. The molecule has 0 atom stereocenters. The highest BCUT2D eigenvalue weighted by molar-refractivity contribution is 7.89. The van der Waals surface area contributed by atoms with Crippen molar-refractivity contribution in [2.24, 2.45) is 0 Å². The molecular weight excluding hydrogens is 405 g/mol. The maximum atomic E-state index is 13.6. The Morgan fingerprint density at radius 3 is 2.59 bits per heavy atom. The molecule has 9 nitrogen and oxygen atoms in total. The van der Waals surface area contributed by atoms with Gasteiger partial charge < -0.3 is 10.1 Å². The maximum Gasteiger partial charge on any atom is 0.274 e. The van der Waals surface area contributed by atoms with Gasteiger partial charge in [0.25, 0.3) is 5.69 Å². The van der Waals surface area contributed by atoms with Crippen LogP contribution in [0, 0.1) is 22.9 Å². The number of benzene rings is 2. The number of halogens is 1. The number of nitro groups is 1. The second-order valence-electron chi connectivity index (χ2n) is 5.98. The highest BCUT2D eigenvalue weighted by atomic mass is 32.2. The number of hydrogen-bond donors (Lipinski definition) is 1. The van der Waals surface area contributed by atoms with Crippen LogP contribution in [0.5, 0.6) is 5.75 Å². The van der Waals surface area contributed by atoms with Gasteiger partial charge in [-0.1, -0.05) is 13.0 Å². The zero-order chi connectivity index (χ0) is 21.8. The van der Waals surface area contributed by atoms with E-state index in [1.165, 1.54) is 45.2 Å². The third-order valence-corrected chi connectivity index (χ3v) is 6.13. The largest absolute Gasteiger partial charge is 0.495 e. The van der Waals surface area contributed by atoms with E-state index in [1.807, 2.05) is 0 Å². The van der Waals surface area contributed by atoms with E-state index in [0.29, 0.717) is 0 Å². The zero-order valence-corrected chi connectivity index (χ0v) is 16.8. The molecule has 0 unspecified atom stereocenters. The summed E-state index contributed by atoms with van der Waals surface area (Å²) in [5.41, 5.74) is 0.261. The second-order valence-corrected chi connectivity index (χ2v) is 7.89. The van der Waals surface area contributed by atoms with Crippen LogP contribution in [-0.2, 0) is 14.8 Å². The Labute approximate surface area is 167 Å². The van der Waals surface area contributed by atoms with Gasteiger partial charge in [0, 0.05) is 12.6 Å². The Kier molecular flexibility index (Phi) is 6.88. The van der Waals surface area contributed by atoms with Gasteiger partial charge in [-0.05, 0) is 31.2 Å². The van der Waals surface area contributed by atoms with E-state index in [-0.39, 0.29) is 29.2 Å². The van der Waals surface area contributed by atoms with E-state index < -0.39 is 38.1 Å².